The molecule has 2 aromatic rings. The summed E-state index contributed by atoms with van der Waals surface area (Å²) in [6.45, 7) is 0. The van der Waals surface area contributed by atoms with E-state index in [1.54, 1.807) is 12.3 Å². The molecule has 120 valence electrons. The molecule has 1 aromatic carbocycles. The number of halogens is 1. The van der Waals surface area contributed by atoms with Crippen LogP contribution in [-0.4, -0.2) is 16.9 Å². The number of carbonyl (C=O) groups excluding carboxylic acids is 1. The Balaban J connectivity index is 1.67. The van der Waals surface area contributed by atoms with Gasteiger partial charge in [-0.25, -0.2) is 0 Å². The fourth-order valence-corrected chi connectivity index (χ4v) is 3.27. The molecular weight excluding hydrogens is 354 g/mol. The van der Waals surface area contributed by atoms with Crippen LogP contribution in [-0.2, 0) is 0 Å². The summed E-state index contributed by atoms with van der Waals surface area (Å²) < 4.78 is 1.01. The van der Waals surface area contributed by atoms with E-state index >= 15 is 0 Å². The standard InChI is InChI=1S/C18H20BrN3O/c19-13-5-4-8-15(11-13)21-16-9-10-20-17(12-16)18(23)22-14-6-2-1-3-7-14/h4-5,8-12,14H,1-3,6-7H2,(H,20,21)(H,22,23). The van der Waals surface area contributed by atoms with Gasteiger partial charge in [0, 0.05) is 28.1 Å². The maximum atomic E-state index is 12.4. The maximum Gasteiger partial charge on any atom is 0.270 e. The van der Waals surface area contributed by atoms with Gasteiger partial charge in [0.2, 0.25) is 0 Å². The second-order valence-corrected chi connectivity index (χ2v) is 6.79. The lowest BCUT2D eigenvalue weighted by Crippen LogP contribution is -2.36. The molecule has 4 nitrogen and oxygen atoms in total. The molecule has 1 aliphatic carbocycles. The van der Waals surface area contributed by atoms with Crippen molar-refractivity contribution in [2.45, 2.75) is 38.1 Å². The van der Waals surface area contributed by atoms with Crippen molar-refractivity contribution in [1.29, 1.82) is 0 Å². The molecule has 1 amide bonds. The van der Waals surface area contributed by atoms with Crippen molar-refractivity contribution in [3.05, 3.63) is 52.8 Å². The van der Waals surface area contributed by atoms with Gasteiger partial charge in [0.1, 0.15) is 5.69 Å². The van der Waals surface area contributed by atoms with Crippen LogP contribution in [0.5, 0.6) is 0 Å². The van der Waals surface area contributed by atoms with Crippen LogP contribution in [0.1, 0.15) is 42.6 Å². The van der Waals surface area contributed by atoms with Gasteiger partial charge in [-0.2, -0.15) is 0 Å². The van der Waals surface area contributed by atoms with Crippen molar-refractivity contribution in [3.8, 4) is 0 Å². The van der Waals surface area contributed by atoms with Crippen LogP contribution in [0.25, 0.3) is 0 Å². The molecule has 2 N–H and O–H groups in total. The molecular formula is C18H20BrN3O. The number of nitrogens with zero attached hydrogens (tertiary/aromatic N) is 1. The maximum absolute atomic E-state index is 12.4. The number of rotatable bonds is 4. The average molecular weight is 374 g/mol. The molecule has 0 bridgehead atoms. The quantitative estimate of drug-likeness (QED) is 0.819. The first-order valence-corrected chi connectivity index (χ1v) is 8.79. The molecule has 1 saturated carbocycles. The van der Waals surface area contributed by atoms with Gasteiger partial charge in [-0.05, 0) is 43.2 Å². The van der Waals surface area contributed by atoms with E-state index in [9.17, 15) is 4.79 Å². The van der Waals surface area contributed by atoms with Gasteiger partial charge in [-0.15, -0.1) is 0 Å². The van der Waals surface area contributed by atoms with Crippen LogP contribution in [0, 0.1) is 0 Å². The van der Waals surface area contributed by atoms with Crippen LogP contribution in [0.4, 0.5) is 11.4 Å². The molecule has 0 saturated heterocycles. The summed E-state index contributed by atoms with van der Waals surface area (Å²) in [7, 11) is 0. The first-order valence-electron chi connectivity index (χ1n) is 8.00. The Kier molecular flexibility index (Phi) is 5.28. The third-order valence-corrected chi connectivity index (χ3v) is 4.54. The fourth-order valence-electron chi connectivity index (χ4n) is 2.87. The second kappa shape index (κ2) is 7.59. The Labute approximate surface area is 144 Å². The summed E-state index contributed by atoms with van der Waals surface area (Å²) in [6.07, 6.45) is 7.47. The summed E-state index contributed by atoms with van der Waals surface area (Å²) in [5.41, 5.74) is 2.27. The number of pyridine rings is 1. The summed E-state index contributed by atoms with van der Waals surface area (Å²) in [5, 5.41) is 6.39. The Hall–Kier alpha value is -1.88. The first kappa shape index (κ1) is 16.0. The summed E-state index contributed by atoms with van der Waals surface area (Å²) in [6, 6.07) is 11.8. The highest BCUT2D eigenvalue weighted by Crippen LogP contribution is 2.21. The predicted molar refractivity (Wildman–Crippen MR) is 96.0 cm³/mol. The van der Waals surface area contributed by atoms with Gasteiger partial charge in [0.15, 0.2) is 0 Å². The molecule has 1 heterocycles. The normalized spacial score (nSPS) is 15.2. The third-order valence-electron chi connectivity index (χ3n) is 4.05. The zero-order valence-corrected chi connectivity index (χ0v) is 14.5. The number of hydrogen-bond donors (Lipinski definition) is 2. The molecule has 1 aliphatic rings. The van der Waals surface area contributed by atoms with Crippen LogP contribution in [0.2, 0.25) is 0 Å². The van der Waals surface area contributed by atoms with E-state index in [2.05, 4.69) is 31.5 Å². The minimum absolute atomic E-state index is 0.0882. The molecule has 5 heteroatoms. The van der Waals surface area contributed by atoms with Crippen LogP contribution < -0.4 is 10.6 Å². The van der Waals surface area contributed by atoms with Gasteiger partial charge in [0.25, 0.3) is 5.91 Å². The Morgan fingerprint density at radius 3 is 2.65 bits per heavy atom. The zero-order valence-electron chi connectivity index (χ0n) is 12.9. The van der Waals surface area contributed by atoms with Crippen molar-refractivity contribution in [1.82, 2.24) is 10.3 Å². The topological polar surface area (TPSA) is 54.0 Å². The highest BCUT2D eigenvalue weighted by atomic mass is 79.9. The highest BCUT2D eigenvalue weighted by Gasteiger charge is 2.17. The van der Waals surface area contributed by atoms with E-state index in [0.29, 0.717) is 11.7 Å². The zero-order chi connectivity index (χ0) is 16.1. The molecule has 0 spiro atoms. The lowest BCUT2D eigenvalue weighted by atomic mass is 9.95. The van der Waals surface area contributed by atoms with Crippen molar-refractivity contribution in [3.63, 3.8) is 0 Å². The SMILES string of the molecule is O=C(NC1CCCCC1)c1cc(Nc2cccc(Br)c2)ccn1. The Morgan fingerprint density at radius 2 is 1.87 bits per heavy atom. The van der Waals surface area contributed by atoms with E-state index in [1.807, 2.05) is 30.3 Å². The van der Waals surface area contributed by atoms with Gasteiger partial charge >= 0.3 is 0 Å². The lowest BCUT2D eigenvalue weighted by Gasteiger charge is -2.22. The minimum Gasteiger partial charge on any atom is -0.355 e. The number of anilines is 2. The monoisotopic (exact) mass is 373 g/mol. The largest absolute Gasteiger partial charge is 0.355 e. The van der Waals surface area contributed by atoms with Crippen molar-refractivity contribution >= 4 is 33.2 Å². The molecule has 0 unspecified atom stereocenters. The van der Waals surface area contributed by atoms with Crippen LogP contribution >= 0.6 is 15.9 Å². The van der Waals surface area contributed by atoms with E-state index in [4.69, 9.17) is 0 Å². The van der Waals surface area contributed by atoms with Gasteiger partial charge in [0.05, 0.1) is 0 Å². The number of carbonyl (C=O) groups is 1. The smallest absolute Gasteiger partial charge is 0.270 e. The van der Waals surface area contributed by atoms with Crippen molar-refractivity contribution in [2.75, 3.05) is 5.32 Å². The van der Waals surface area contributed by atoms with E-state index in [-0.39, 0.29) is 5.91 Å². The Morgan fingerprint density at radius 1 is 1.09 bits per heavy atom. The van der Waals surface area contributed by atoms with E-state index in [0.717, 1.165) is 28.7 Å². The minimum atomic E-state index is -0.0882. The van der Waals surface area contributed by atoms with Crippen LogP contribution in [0.3, 0.4) is 0 Å². The number of amides is 1. The third kappa shape index (κ3) is 4.55. The molecule has 1 fully saturated rings. The van der Waals surface area contributed by atoms with Gasteiger partial charge < -0.3 is 10.6 Å². The summed E-state index contributed by atoms with van der Waals surface area (Å²) in [5.74, 6) is -0.0882. The molecule has 0 radical (unpaired) electrons. The predicted octanol–water partition coefficient (Wildman–Crippen LogP) is 4.65. The molecule has 3 rings (SSSR count). The fraction of sp³-hybridized carbons (Fsp3) is 0.333. The average Bonchev–Trinajstić information content (AvgIpc) is 2.56. The number of benzene rings is 1. The van der Waals surface area contributed by atoms with E-state index in [1.165, 1.54) is 19.3 Å². The molecule has 0 aliphatic heterocycles. The summed E-state index contributed by atoms with van der Waals surface area (Å²) in [4.78, 5) is 16.6. The second-order valence-electron chi connectivity index (χ2n) is 5.87. The lowest BCUT2D eigenvalue weighted by molar-refractivity contribution is 0.0922. The molecule has 23 heavy (non-hydrogen) atoms. The van der Waals surface area contributed by atoms with Gasteiger partial charge in [-0.1, -0.05) is 41.3 Å². The van der Waals surface area contributed by atoms with Crippen LogP contribution in [0.15, 0.2) is 47.1 Å². The number of hydrogen-bond acceptors (Lipinski definition) is 3. The van der Waals surface area contributed by atoms with Gasteiger partial charge in [-0.3, -0.25) is 9.78 Å². The first-order chi connectivity index (χ1) is 11.2. The Bertz CT molecular complexity index is 683. The van der Waals surface area contributed by atoms with E-state index < -0.39 is 0 Å². The highest BCUT2D eigenvalue weighted by molar-refractivity contribution is 9.10. The van der Waals surface area contributed by atoms with Crippen molar-refractivity contribution < 1.29 is 4.79 Å². The number of nitrogens with one attached hydrogen (secondary N) is 2. The number of aromatic nitrogens is 1. The van der Waals surface area contributed by atoms with Crippen molar-refractivity contribution in [2.24, 2.45) is 0 Å². The molecule has 0 atom stereocenters. The summed E-state index contributed by atoms with van der Waals surface area (Å²) >= 11 is 3.45. The molecule has 1 aromatic heterocycles.